The largest absolute Gasteiger partial charge is 0.377 e. The summed E-state index contributed by atoms with van der Waals surface area (Å²) in [6.45, 7) is 0.836. The van der Waals surface area contributed by atoms with E-state index in [9.17, 15) is 18.3 Å². The maximum atomic E-state index is 16.1. The van der Waals surface area contributed by atoms with E-state index in [0.29, 0.717) is 60.8 Å². The van der Waals surface area contributed by atoms with Gasteiger partial charge in [-0.3, -0.25) is 4.98 Å². The van der Waals surface area contributed by atoms with Crippen molar-refractivity contribution in [3.05, 3.63) is 119 Å². The van der Waals surface area contributed by atoms with Crippen molar-refractivity contribution in [3.63, 3.8) is 0 Å². The SMILES string of the molecule is N#Cc1ccc(N2CCN(c3ccc(-c4ccc(C(F)(F)C(O)(Cn5cnnn5)c5ccc(F)cc5F)nc4)cc3F)CC2)cc1F. The minimum absolute atomic E-state index is 0.0454. The molecule has 1 fully saturated rings. The number of hydrogen-bond donors (Lipinski definition) is 1. The van der Waals surface area contributed by atoms with Crippen LogP contribution in [0.15, 0.2) is 79.3 Å². The Balaban J connectivity index is 1.20. The molecule has 9 nitrogen and oxygen atoms in total. The third kappa shape index (κ3) is 5.95. The number of nitriles is 1. The zero-order chi connectivity index (χ0) is 33.3. The Morgan fingerprint density at radius 1 is 0.809 bits per heavy atom. The number of rotatable bonds is 8. The minimum atomic E-state index is -4.24. The summed E-state index contributed by atoms with van der Waals surface area (Å²) >= 11 is 0. The summed E-state index contributed by atoms with van der Waals surface area (Å²) in [6.07, 6.45) is 2.03. The average Bonchev–Trinajstić information content (AvgIpc) is 3.57. The number of pyridine rings is 1. The first-order valence-corrected chi connectivity index (χ1v) is 14.2. The number of aromatic nitrogens is 5. The van der Waals surface area contributed by atoms with Gasteiger partial charge in [0, 0.05) is 55.3 Å². The predicted octanol–water partition coefficient (Wildman–Crippen LogP) is 5.17. The third-order valence-corrected chi connectivity index (χ3v) is 8.10. The lowest BCUT2D eigenvalue weighted by atomic mass is 9.84. The van der Waals surface area contributed by atoms with Crippen LogP contribution in [0.1, 0.15) is 16.8 Å². The number of benzene rings is 3. The van der Waals surface area contributed by atoms with Gasteiger partial charge in [-0.15, -0.1) is 5.10 Å². The van der Waals surface area contributed by atoms with Gasteiger partial charge in [-0.05, 0) is 64.5 Å². The first-order chi connectivity index (χ1) is 22.5. The molecule has 15 heteroatoms. The first-order valence-electron chi connectivity index (χ1n) is 14.2. The Morgan fingerprint density at radius 3 is 2.17 bits per heavy atom. The number of alkyl halides is 2. The third-order valence-electron chi connectivity index (χ3n) is 8.10. The number of nitrogens with zero attached hydrogens (tertiary/aromatic N) is 8. The fraction of sp³-hybridized carbons (Fsp3) is 0.219. The van der Waals surface area contributed by atoms with E-state index in [1.165, 1.54) is 24.3 Å². The van der Waals surface area contributed by atoms with Crippen LogP contribution in [0, 0.1) is 34.6 Å². The van der Waals surface area contributed by atoms with E-state index in [1.54, 1.807) is 24.3 Å². The molecule has 1 N–H and O–H groups in total. The molecule has 6 rings (SSSR count). The molecule has 3 heterocycles. The van der Waals surface area contributed by atoms with Crippen molar-refractivity contribution in [1.29, 1.82) is 5.26 Å². The molecular formula is C32H24F6N8O. The van der Waals surface area contributed by atoms with E-state index >= 15 is 13.2 Å². The standard InChI is InChI=1S/C32H24F6N8O/c33-23-4-6-25(27(35)14-23)31(47,18-46-19-41-42-43-46)32(37,38)30-8-3-22(17-40-30)20-2-7-29(28(36)13-20)45-11-9-44(10-12-45)24-5-1-21(16-39)26(34)15-24/h1-8,13-15,17,19,47H,9-12,18H2. The molecule has 3 aromatic carbocycles. The van der Waals surface area contributed by atoms with Gasteiger partial charge in [0.25, 0.3) is 0 Å². The Morgan fingerprint density at radius 2 is 1.55 bits per heavy atom. The second kappa shape index (κ2) is 12.4. The van der Waals surface area contributed by atoms with Crippen LogP contribution in [0.3, 0.4) is 0 Å². The van der Waals surface area contributed by atoms with Crippen molar-refractivity contribution in [2.24, 2.45) is 0 Å². The molecular weight excluding hydrogens is 626 g/mol. The van der Waals surface area contributed by atoms with Crippen LogP contribution in [-0.4, -0.2) is 56.5 Å². The lowest BCUT2D eigenvalue weighted by Gasteiger charge is -2.37. The van der Waals surface area contributed by atoms with Crippen LogP contribution in [0.4, 0.5) is 37.7 Å². The van der Waals surface area contributed by atoms with Crippen LogP contribution in [0.25, 0.3) is 11.1 Å². The van der Waals surface area contributed by atoms with Crippen molar-refractivity contribution in [2.75, 3.05) is 36.0 Å². The van der Waals surface area contributed by atoms with Crippen molar-refractivity contribution < 1.29 is 31.4 Å². The first kappa shape index (κ1) is 31.5. The van der Waals surface area contributed by atoms with Gasteiger partial charge in [-0.1, -0.05) is 12.1 Å². The second-order valence-corrected chi connectivity index (χ2v) is 10.9. The van der Waals surface area contributed by atoms with Gasteiger partial charge in [0.1, 0.15) is 41.4 Å². The van der Waals surface area contributed by atoms with Gasteiger partial charge in [0.05, 0.1) is 17.8 Å². The molecule has 5 aromatic rings. The number of hydrogen-bond acceptors (Lipinski definition) is 8. The topological polar surface area (TPSA) is 107 Å². The highest BCUT2D eigenvalue weighted by Crippen LogP contribution is 2.47. The molecule has 2 aromatic heterocycles. The van der Waals surface area contributed by atoms with Gasteiger partial charge in [-0.2, -0.15) is 14.0 Å². The molecule has 1 saturated heterocycles. The lowest BCUT2D eigenvalue weighted by Crippen LogP contribution is -2.48. The Kier molecular flexibility index (Phi) is 8.29. The Bertz CT molecular complexity index is 1940. The lowest BCUT2D eigenvalue weighted by molar-refractivity contribution is -0.207. The molecule has 0 aliphatic carbocycles. The van der Waals surface area contributed by atoms with Gasteiger partial charge < -0.3 is 14.9 Å². The fourth-order valence-electron chi connectivity index (χ4n) is 5.57. The zero-order valence-electron chi connectivity index (χ0n) is 24.3. The van der Waals surface area contributed by atoms with E-state index in [2.05, 4.69) is 20.5 Å². The molecule has 0 spiro atoms. The number of halogens is 6. The molecule has 1 aliphatic heterocycles. The normalized spacial score (nSPS) is 14.9. The monoisotopic (exact) mass is 650 g/mol. The van der Waals surface area contributed by atoms with E-state index < -0.39 is 52.6 Å². The number of piperazine rings is 1. The summed E-state index contributed by atoms with van der Waals surface area (Å²) < 4.78 is 90.7. The van der Waals surface area contributed by atoms with Gasteiger partial charge in [0.2, 0.25) is 0 Å². The molecule has 0 bridgehead atoms. The van der Waals surface area contributed by atoms with Crippen molar-refractivity contribution in [3.8, 4) is 17.2 Å². The zero-order valence-corrected chi connectivity index (χ0v) is 24.3. The van der Waals surface area contributed by atoms with Crippen molar-refractivity contribution in [2.45, 2.75) is 18.1 Å². The van der Waals surface area contributed by atoms with Crippen LogP contribution < -0.4 is 9.80 Å². The molecule has 0 radical (unpaired) electrons. The maximum Gasteiger partial charge on any atom is 0.323 e. The molecule has 1 aliphatic rings. The van der Waals surface area contributed by atoms with E-state index in [-0.39, 0.29) is 5.56 Å². The summed E-state index contributed by atoms with van der Waals surface area (Å²) in [6, 6.07) is 14.6. The number of anilines is 2. The maximum absolute atomic E-state index is 16.1. The minimum Gasteiger partial charge on any atom is -0.377 e. The van der Waals surface area contributed by atoms with Crippen LogP contribution in [-0.2, 0) is 18.1 Å². The summed E-state index contributed by atoms with van der Waals surface area (Å²) in [5.41, 5.74) is -3.59. The fourth-order valence-corrected chi connectivity index (χ4v) is 5.57. The highest BCUT2D eigenvalue weighted by molar-refractivity contribution is 5.67. The molecule has 47 heavy (non-hydrogen) atoms. The van der Waals surface area contributed by atoms with Crippen LogP contribution >= 0.6 is 0 Å². The van der Waals surface area contributed by atoms with Gasteiger partial charge >= 0.3 is 5.92 Å². The predicted molar refractivity (Wildman–Crippen MR) is 157 cm³/mol. The second-order valence-electron chi connectivity index (χ2n) is 10.9. The van der Waals surface area contributed by atoms with Crippen LogP contribution in [0.2, 0.25) is 0 Å². The smallest absolute Gasteiger partial charge is 0.323 e. The molecule has 0 amide bonds. The van der Waals surface area contributed by atoms with Gasteiger partial charge in [-0.25, -0.2) is 22.2 Å². The van der Waals surface area contributed by atoms with Crippen LogP contribution in [0.5, 0.6) is 0 Å². The average molecular weight is 651 g/mol. The molecule has 1 atom stereocenters. The Labute approximate surface area is 263 Å². The summed E-state index contributed by atoms with van der Waals surface area (Å²) in [5, 5.41) is 30.5. The summed E-state index contributed by atoms with van der Waals surface area (Å²) in [4.78, 5) is 7.61. The van der Waals surface area contributed by atoms with E-state index in [0.717, 1.165) is 29.3 Å². The highest BCUT2D eigenvalue weighted by atomic mass is 19.3. The van der Waals surface area contributed by atoms with E-state index in [4.69, 9.17) is 5.26 Å². The summed E-state index contributed by atoms with van der Waals surface area (Å²) in [7, 11) is 0. The number of tetrazole rings is 1. The summed E-state index contributed by atoms with van der Waals surface area (Å²) in [5.74, 6) is -7.84. The van der Waals surface area contributed by atoms with Crippen molar-refractivity contribution >= 4 is 11.4 Å². The van der Waals surface area contributed by atoms with Crippen molar-refractivity contribution in [1.82, 2.24) is 25.2 Å². The molecule has 0 saturated carbocycles. The highest BCUT2D eigenvalue weighted by Gasteiger charge is 2.58. The molecule has 240 valence electrons. The number of aliphatic hydroxyl groups is 1. The quantitative estimate of drug-likeness (QED) is 0.230. The molecule has 1 unspecified atom stereocenters. The van der Waals surface area contributed by atoms with Gasteiger partial charge in [0.15, 0.2) is 5.60 Å². The Hall–Kier alpha value is -5.49. The van der Waals surface area contributed by atoms with E-state index in [1.807, 2.05) is 9.80 Å².